The van der Waals surface area contributed by atoms with Crippen LogP contribution in [0.2, 0.25) is 4.34 Å². The van der Waals surface area contributed by atoms with Crippen molar-refractivity contribution in [2.24, 2.45) is 0 Å². The van der Waals surface area contributed by atoms with Gasteiger partial charge in [0.2, 0.25) is 0 Å². The Hall–Kier alpha value is -3.62. The highest BCUT2D eigenvalue weighted by molar-refractivity contribution is 7.18. The molecular weight excluding hydrogens is 466 g/mol. The zero-order valence-corrected chi connectivity index (χ0v) is 18.6. The number of ketones is 3. The molecule has 1 aliphatic rings. The number of hydrogen-bond acceptors (Lipinski definition) is 7. The van der Waals surface area contributed by atoms with E-state index < -0.39 is 18.5 Å². The van der Waals surface area contributed by atoms with E-state index >= 15 is 0 Å². The van der Waals surface area contributed by atoms with Gasteiger partial charge in [0.25, 0.3) is 5.91 Å². The molecule has 0 unspecified atom stereocenters. The number of anilines is 1. The molecule has 7 nitrogen and oxygen atoms in total. The third kappa shape index (κ3) is 4.76. The molecule has 1 heterocycles. The molecule has 0 fully saturated rings. The summed E-state index contributed by atoms with van der Waals surface area (Å²) in [5.41, 5.74) is 1.03. The van der Waals surface area contributed by atoms with Gasteiger partial charge in [-0.2, -0.15) is 0 Å². The predicted molar refractivity (Wildman–Crippen MR) is 122 cm³/mol. The largest absolute Gasteiger partial charge is 0.456 e. The quantitative estimate of drug-likeness (QED) is 0.311. The molecule has 0 atom stereocenters. The van der Waals surface area contributed by atoms with Crippen LogP contribution in [-0.4, -0.2) is 35.8 Å². The van der Waals surface area contributed by atoms with Gasteiger partial charge in [-0.15, -0.1) is 11.3 Å². The molecule has 0 aliphatic heterocycles. The fraction of sp³-hybridized carbons (Fsp3) is 0.125. The van der Waals surface area contributed by atoms with Gasteiger partial charge in [0, 0.05) is 23.1 Å². The van der Waals surface area contributed by atoms with Crippen molar-refractivity contribution in [3.63, 3.8) is 0 Å². The number of halogens is 1. The lowest BCUT2D eigenvalue weighted by molar-refractivity contribution is -0.147. The molecular formula is C24H16ClNO6S. The molecule has 2 aromatic carbocycles. The maximum atomic E-state index is 13.0. The third-order valence-corrected chi connectivity index (χ3v) is 6.27. The highest BCUT2D eigenvalue weighted by atomic mass is 35.5. The number of Topliss-reactive ketones (excluding diaryl/α,β-unsaturated/α-hetero) is 1. The maximum absolute atomic E-state index is 13.0. The van der Waals surface area contributed by atoms with E-state index in [9.17, 15) is 24.0 Å². The van der Waals surface area contributed by atoms with Crippen LogP contribution >= 0.6 is 22.9 Å². The number of thiophene rings is 1. The van der Waals surface area contributed by atoms with Gasteiger partial charge in [-0.3, -0.25) is 24.0 Å². The first-order chi connectivity index (χ1) is 15.8. The Kier molecular flexibility index (Phi) is 6.48. The van der Waals surface area contributed by atoms with E-state index in [0.29, 0.717) is 14.8 Å². The second-order valence-electron chi connectivity index (χ2n) is 7.17. The number of benzene rings is 2. The molecule has 1 N–H and O–H groups in total. The summed E-state index contributed by atoms with van der Waals surface area (Å²) < 4.78 is 5.41. The standard InChI is InChI=1S/C24H16ClNO6S/c25-19-10-9-18(33-19)17(27)8-11-21(29)32-12-20(28)26-16-7-3-6-15-22(16)24(31)14-5-2-1-4-13(14)23(15)30/h1-7,9-10H,8,11-12H2,(H,26,28). The SMILES string of the molecule is O=C(COC(=O)CCC(=O)c1ccc(Cl)s1)Nc1cccc2c1C(=O)c1ccccc1C2=O. The van der Waals surface area contributed by atoms with E-state index in [1.165, 1.54) is 12.1 Å². The average Bonchev–Trinajstić information content (AvgIpc) is 3.26. The summed E-state index contributed by atoms with van der Waals surface area (Å²) in [6.45, 7) is -0.597. The highest BCUT2D eigenvalue weighted by Gasteiger charge is 2.31. The number of amides is 1. The first-order valence-corrected chi connectivity index (χ1v) is 11.1. The number of carbonyl (C=O) groups excluding carboxylic acids is 5. The molecule has 0 radical (unpaired) electrons. The number of esters is 1. The van der Waals surface area contributed by atoms with Crippen LogP contribution < -0.4 is 5.32 Å². The molecule has 0 bridgehead atoms. The van der Waals surface area contributed by atoms with Crippen molar-refractivity contribution in [3.05, 3.63) is 86.1 Å². The topological polar surface area (TPSA) is 107 Å². The Morgan fingerprint density at radius 3 is 2.24 bits per heavy atom. The Morgan fingerprint density at radius 1 is 0.848 bits per heavy atom. The lowest BCUT2D eigenvalue weighted by atomic mass is 9.83. The first kappa shape index (κ1) is 22.6. The van der Waals surface area contributed by atoms with Gasteiger partial charge in [-0.1, -0.05) is 48.0 Å². The summed E-state index contributed by atoms with van der Waals surface area (Å²) in [5, 5.41) is 2.53. The minimum absolute atomic E-state index is 0.0699. The summed E-state index contributed by atoms with van der Waals surface area (Å²) in [7, 11) is 0. The summed E-state index contributed by atoms with van der Waals surface area (Å²) in [4.78, 5) is 62.5. The van der Waals surface area contributed by atoms with Gasteiger partial charge >= 0.3 is 5.97 Å². The zero-order chi connectivity index (χ0) is 23.5. The number of nitrogens with one attached hydrogen (secondary N) is 1. The summed E-state index contributed by atoms with van der Waals surface area (Å²) in [5.74, 6) is -2.31. The van der Waals surface area contributed by atoms with E-state index in [0.717, 1.165) is 11.3 Å². The Labute approximate surface area is 197 Å². The van der Waals surface area contributed by atoms with Crippen molar-refractivity contribution >= 4 is 57.9 Å². The summed E-state index contributed by atoms with van der Waals surface area (Å²) >= 11 is 6.92. The van der Waals surface area contributed by atoms with Gasteiger partial charge in [-0.25, -0.2) is 0 Å². The molecule has 0 saturated heterocycles. The minimum atomic E-state index is -0.712. The molecule has 4 rings (SSSR count). The Morgan fingerprint density at radius 2 is 1.55 bits per heavy atom. The van der Waals surface area contributed by atoms with E-state index in [2.05, 4.69) is 5.32 Å². The fourth-order valence-electron chi connectivity index (χ4n) is 3.46. The molecule has 33 heavy (non-hydrogen) atoms. The van der Waals surface area contributed by atoms with Gasteiger partial charge in [0.05, 0.1) is 26.9 Å². The average molecular weight is 482 g/mol. The van der Waals surface area contributed by atoms with Crippen LogP contribution in [0, 0.1) is 0 Å². The molecule has 1 aromatic heterocycles. The molecule has 0 spiro atoms. The second-order valence-corrected chi connectivity index (χ2v) is 8.88. The lowest BCUT2D eigenvalue weighted by Gasteiger charge is -2.20. The van der Waals surface area contributed by atoms with Crippen LogP contribution in [0.4, 0.5) is 5.69 Å². The summed E-state index contributed by atoms with van der Waals surface area (Å²) in [6.07, 6.45) is -0.258. The van der Waals surface area contributed by atoms with Crippen LogP contribution in [0.25, 0.3) is 0 Å². The zero-order valence-electron chi connectivity index (χ0n) is 17.1. The summed E-state index contributed by atoms with van der Waals surface area (Å²) in [6, 6.07) is 14.3. The molecule has 166 valence electrons. The predicted octanol–water partition coefficient (Wildman–Crippen LogP) is 4.32. The Balaban J connectivity index is 1.37. The Bertz CT molecular complexity index is 1310. The van der Waals surface area contributed by atoms with Crippen LogP contribution in [-0.2, 0) is 14.3 Å². The van der Waals surface area contributed by atoms with Crippen LogP contribution in [0.1, 0.15) is 54.4 Å². The van der Waals surface area contributed by atoms with Crippen molar-refractivity contribution in [1.82, 2.24) is 0 Å². The van der Waals surface area contributed by atoms with Gasteiger partial charge < -0.3 is 10.1 Å². The number of ether oxygens (including phenoxy) is 1. The third-order valence-electron chi connectivity index (χ3n) is 5.00. The van der Waals surface area contributed by atoms with Crippen molar-refractivity contribution < 1.29 is 28.7 Å². The molecule has 0 saturated carbocycles. The van der Waals surface area contributed by atoms with Crippen molar-refractivity contribution in [2.45, 2.75) is 12.8 Å². The van der Waals surface area contributed by atoms with E-state index in [1.807, 2.05) is 0 Å². The number of hydrogen-bond donors (Lipinski definition) is 1. The van der Waals surface area contributed by atoms with Gasteiger partial charge in [0.1, 0.15) is 0 Å². The van der Waals surface area contributed by atoms with Gasteiger partial charge in [-0.05, 0) is 18.2 Å². The fourth-order valence-corrected chi connectivity index (χ4v) is 4.47. The highest BCUT2D eigenvalue weighted by Crippen LogP contribution is 2.32. The minimum Gasteiger partial charge on any atom is -0.456 e. The van der Waals surface area contributed by atoms with Crippen LogP contribution in [0.15, 0.2) is 54.6 Å². The van der Waals surface area contributed by atoms with E-state index in [1.54, 1.807) is 42.5 Å². The maximum Gasteiger partial charge on any atom is 0.306 e. The van der Waals surface area contributed by atoms with Crippen molar-refractivity contribution in [2.75, 3.05) is 11.9 Å². The lowest BCUT2D eigenvalue weighted by Crippen LogP contribution is -2.26. The smallest absolute Gasteiger partial charge is 0.306 e. The molecule has 3 aromatic rings. The number of carbonyl (C=O) groups is 5. The van der Waals surface area contributed by atoms with Crippen molar-refractivity contribution in [3.8, 4) is 0 Å². The van der Waals surface area contributed by atoms with E-state index in [-0.39, 0.29) is 52.6 Å². The normalized spacial score (nSPS) is 12.0. The molecule has 9 heteroatoms. The second kappa shape index (κ2) is 9.48. The van der Waals surface area contributed by atoms with E-state index in [4.69, 9.17) is 16.3 Å². The van der Waals surface area contributed by atoms with Crippen molar-refractivity contribution in [1.29, 1.82) is 0 Å². The number of rotatable bonds is 7. The molecule has 1 amide bonds. The first-order valence-electron chi connectivity index (χ1n) is 9.90. The van der Waals surface area contributed by atoms with Gasteiger partial charge in [0.15, 0.2) is 24.0 Å². The molecule has 1 aliphatic carbocycles. The monoisotopic (exact) mass is 481 g/mol. The van der Waals surface area contributed by atoms with Crippen LogP contribution in [0.5, 0.6) is 0 Å². The van der Waals surface area contributed by atoms with Crippen LogP contribution in [0.3, 0.4) is 0 Å². The number of fused-ring (bicyclic) bond motifs is 2.